The van der Waals surface area contributed by atoms with Crippen molar-refractivity contribution in [1.29, 1.82) is 0 Å². The van der Waals surface area contributed by atoms with Gasteiger partial charge >= 0.3 is 5.97 Å². The molecule has 0 bridgehead atoms. The minimum Gasteiger partial charge on any atom is -0.481 e. The molecule has 0 aromatic rings. The Morgan fingerprint density at radius 3 is 1.19 bits per heavy atom. The van der Waals surface area contributed by atoms with E-state index in [1.807, 2.05) is 0 Å². The molecule has 3 N–H and O–H groups in total. The number of carboxylic acids is 1. The summed E-state index contributed by atoms with van der Waals surface area (Å²) in [4.78, 5) is 11.2. The van der Waals surface area contributed by atoms with Crippen molar-refractivity contribution in [2.75, 3.05) is 13.2 Å². The zero-order valence-electron chi connectivity index (χ0n) is 17.2. The maximum Gasteiger partial charge on any atom is 0.314 e. The maximum atomic E-state index is 11.2. The molecule has 4 heteroatoms. The second kappa shape index (κ2) is 17.8. The molecule has 0 aliphatic rings. The molecule has 0 heterocycles. The highest BCUT2D eigenvalue weighted by molar-refractivity contribution is 5.74. The molecule has 0 aromatic heterocycles. The smallest absolute Gasteiger partial charge is 0.314 e. The van der Waals surface area contributed by atoms with E-state index in [2.05, 4.69) is 6.92 Å². The van der Waals surface area contributed by atoms with Crippen LogP contribution in [0.2, 0.25) is 0 Å². The monoisotopic (exact) mass is 372 g/mol. The van der Waals surface area contributed by atoms with Crippen molar-refractivity contribution < 1.29 is 20.1 Å². The molecule has 0 aliphatic carbocycles. The van der Waals surface area contributed by atoms with E-state index in [9.17, 15) is 15.0 Å². The molecule has 0 unspecified atom stereocenters. The first-order valence-electron chi connectivity index (χ1n) is 11.1. The zero-order valence-corrected chi connectivity index (χ0v) is 17.2. The molecule has 4 nitrogen and oxygen atoms in total. The molecule has 0 rings (SSSR count). The van der Waals surface area contributed by atoms with Gasteiger partial charge in [0.05, 0.1) is 13.2 Å². The van der Waals surface area contributed by atoms with E-state index >= 15 is 0 Å². The average molecular weight is 373 g/mol. The van der Waals surface area contributed by atoms with Gasteiger partial charge in [-0.15, -0.1) is 0 Å². The van der Waals surface area contributed by atoms with Gasteiger partial charge in [0.1, 0.15) is 5.41 Å². The highest BCUT2D eigenvalue weighted by atomic mass is 16.4. The fourth-order valence-electron chi connectivity index (χ4n) is 3.46. The summed E-state index contributed by atoms with van der Waals surface area (Å²) in [6.45, 7) is 1.29. The molecule has 26 heavy (non-hydrogen) atoms. The van der Waals surface area contributed by atoms with E-state index in [0.29, 0.717) is 6.42 Å². The number of unbranched alkanes of at least 4 members (excludes halogenated alkanes) is 15. The molecule has 0 aromatic carbocycles. The van der Waals surface area contributed by atoms with Crippen LogP contribution < -0.4 is 0 Å². The summed E-state index contributed by atoms with van der Waals surface area (Å²) in [7, 11) is 0. The lowest BCUT2D eigenvalue weighted by Crippen LogP contribution is -2.38. The van der Waals surface area contributed by atoms with Gasteiger partial charge in [0.15, 0.2) is 0 Å². The number of hydrogen-bond acceptors (Lipinski definition) is 3. The number of carbonyl (C=O) groups is 1. The average Bonchev–Trinajstić information content (AvgIpc) is 2.64. The highest BCUT2D eigenvalue weighted by Crippen LogP contribution is 2.25. The predicted molar refractivity (Wildman–Crippen MR) is 108 cm³/mol. The number of aliphatic hydroxyl groups is 2. The number of rotatable bonds is 20. The van der Waals surface area contributed by atoms with Crippen molar-refractivity contribution in [3.8, 4) is 0 Å². The lowest BCUT2D eigenvalue weighted by Gasteiger charge is -2.24. The minimum atomic E-state index is -1.35. The van der Waals surface area contributed by atoms with Crippen molar-refractivity contribution in [2.45, 2.75) is 116 Å². The third kappa shape index (κ3) is 12.7. The molecule has 0 saturated heterocycles. The Labute approximate surface area is 161 Å². The third-order valence-corrected chi connectivity index (χ3v) is 5.57. The van der Waals surface area contributed by atoms with Gasteiger partial charge in [-0.05, 0) is 6.42 Å². The summed E-state index contributed by atoms with van der Waals surface area (Å²) >= 11 is 0. The fraction of sp³-hybridized carbons (Fsp3) is 0.955. The van der Waals surface area contributed by atoms with Crippen molar-refractivity contribution in [2.24, 2.45) is 5.41 Å². The van der Waals surface area contributed by atoms with Gasteiger partial charge in [0, 0.05) is 0 Å². The first-order valence-corrected chi connectivity index (χ1v) is 11.1. The summed E-state index contributed by atoms with van der Waals surface area (Å²) in [5.74, 6) is -1.09. The van der Waals surface area contributed by atoms with Crippen molar-refractivity contribution >= 4 is 5.97 Å². The van der Waals surface area contributed by atoms with Crippen LogP contribution in [0.3, 0.4) is 0 Å². The summed E-state index contributed by atoms with van der Waals surface area (Å²) in [6, 6.07) is 0. The first-order chi connectivity index (χ1) is 12.6. The molecule has 0 spiro atoms. The fourth-order valence-corrected chi connectivity index (χ4v) is 3.46. The van der Waals surface area contributed by atoms with Crippen LogP contribution >= 0.6 is 0 Å². The van der Waals surface area contributed by atoms with Gasteiger partial charge in [-0.3, -0.25) is 4.79 Å². The highest BCUT2D eigenvalue weighted by Gasteiger charge is 2.36. The van der Waals surface area contributed by atoms with Gasteiger partial charge < -0.3 is 15.3 Å². The zero-order chi connectivity index (χ0) is 19.5. The van der Waals surface area contributed by atoms with Gasteiger partial charge in [-0.25, -0.2) is 0 Å². The van der Waals surface area contributed by atoms with Gasteiger partial charge in [-0.2, -0.15) is 0 Å². The first kappa shape index (κ1) is 25.4. The Kier molecular flexibility index (Phi) is 17.4. The predicted octanol–water partition coefficient (Wildman–Crippen LogP) is 5.69. The summed E-state index contributed by atoms with van der Waals surface area (Å²) < 4.78 is 0. The van der Waals surface area contributed by atoms with E-state index in [1.165, 1.54) is 83.5 Å². The minimum absolute atomic E-state index is 0.355. The number of aliphatic hydroxyl groups excluding tert-OH is 2. The normalized spacial score (nSPS) is 11.8. The molecule has 0 saturated carbocycles. The van der Waals surface area contributed by atoms with Crippen LogP contribution in [-0.2, 0) is 4.79 Å². The molecule has 0 atom stereocenters. The summed E-state index contributed by atoms with van der Waals surface area (Å²) in [5, 5.41) is 27.6. The number of carboxylic acid groups (broad SMARTS) is 1. The second-order valence-corrected chi connectivity index (χ2v) is 7.96. The Morgan fingerprint density at radius 2 is 0.923 bits per heavy atom. The van der Waals surface area contributed by atoms with Crippen molar-refractivity contribution in [3.63, 3.8) is 0 Å². The van der Waals surface area contributed by atoms with Crippen LogP contribution in [0.15, 0.2) is 0 Å². The molecule has 0 radical (unpaired) electrons. The summed E-state index contributed by atoms with van der Waals surface area (Å²) in [5.41, 5.74) is -1.35. The van der Waals surface area contributed by atoms with E-state index in [1.54, 1.807) is 0 Å². The quantitative estimate of drug-likeness (QED) is 0.240. The Bertz CT molecular complexity index is 313. The molecule has 0 amide bonds. The maximum absolute atomic E-state index is 11.2. The molecule has 156 valence electrons. The second-order valence-electron chi connectivity index (χ2n) is 7.96. The lowest BCUT2D eigenvalue weighted by molar-refractivity contribution is -0.155. The lowest BCUT2D eigenvalue weighted by atomic mass is 9.84. The van der Waals surface area contributed by atoms with Crippen LogP contribution in [0, 0.1) is 5.41 Å². The molecule has 0 fully saturated rings. The van der Waals surface area contributed by atoms with Crippen LogP contribution in [0.25, 0.3) is 0 Å². The largest absolute Gasteiger partial charge is 0.481 e. The van der Waals surface area contributed by atoms with E-state index < -0.39 is 24.6 Å². The third-order valence-electron chi connectivity index (χ3n) is 5.57. The molecule has 0 aliphatic heterocycles. The SMILES string of the molecule is CCCCCCCCCCCCCCCCCCC(CO)(CO)C(=O)O. The van der Waals surface area contributed by atoms with Crippen LogP contribution in [0.4, 0.5) is 0 Å². The van der Waals surface area contributed by atoms with Crippen LogP contribution in [-0.4, -0.2) is 34.5 Å². The van der Waals surface area contributed by atoms with Crippen LogP contribution in [0.5, 0.6) is 0 Å². The van der Waals surface area contributed by atoms with E-state index in [0.717, 1.165) is 19.3 Å². The standard InChI is InChI=1S/C22H44O4/c1-2-3-4-5-6-7-8-9-10-11-12-13-14-15-16-17-18-22(19-23,20-24)21(25)26/h23-24H,2-20H2,1H3,(H,25,26). The van der Waals surface area contributed by atoms with E-state index in [4.69, 9.17) is 5.11 Å². The number of aliphatic carboxylic acids is 1. The van der Waals surface area contributed by atoms with Gasteiger partial charge in [0.25, 0.3) is 0 Å². The summed E-state index contributed by atoms with van der Waals surface area (Å²) in [6.07, 6.45) is 20.8. The molecular weight excluding hydrogens is 328 g/mol. The Hall–Kier alpha value is -0.610. The van der Waals surface area contributed by atoms with Gasteiger partial charge in [-0.1, -0.05) is 110 Å². The Morgan fingerprint density at radius 1 is 0.615 bits per heavy atom. The van der Waals surface area contributed by atoms with Gasteiger partial charge in [0.2, 0.25) is 0 Å². The van der Waals surface area contributed by atoms with Crippen LogP contribution in [0.1, 0.15) is 116 Å². The van der Waals surface area contributed by atoms with Crippen molar-refractivity contribution in [1.82, 2.24) is 0 Å². The Balaban J connectivity index is 3.33. The number of hydrogen-bond donors (Lipinski definition) is 3. The molecular formula is C22H44O4. The van der Waals surface area contributed by atoms with E-state index in [-0.39, 0.29) is 0 Å². The van der Waals surface area contributed by atoms with Crippen molar-refractivity contribution in [3.05, 3.63) is 0 Å². The topological polar surface area (TPSA) is 77.8 Å².